The van der Waals surface area contributed by atoms with Gasteiger partial charge in [0.25, 0.3) is 0 Å². The molecule has 1 aliphatic heterocycles. The molecule has 3 atom stereocenters. The summed E-state index contributed by atoms with van der Waals surface area (Å²) in [5, 5.41) is 21.3. The van der Waals surface area contributed by atoms with Gasteiger partial charge in [-0.05, 0) is 22.9 Å². The second-order valence-corrected chi connectivity index (χ2v) is 5.09. The summed E-state index contributed by atoms with van der Waals surface area (Å²) in [7, 11) is 1.63. The van der Waals surface area contributed by atoms with Crippen LogP contribution in [0, 0.1) is 0 Å². The zero-order valence-electron chi connectivity index (χ0n) is 11.3. The van der Waals surface area contributed by atoms with E-state index in [9.17, 15) is 10.2 Å². The molecule has 20 heavy (non-hydrogen) atoms. The standard InChI is InChI=1S/C16H18O4/c1-19-14-7-11-5-3-2-4-10(11)6-12(14)15-8-13(18)16(9-17)20-15/h2-7,13,15-18H,8-9H2,1H3/t13-,15-,16?/m1/s1. The van der Waals surface area contributed by atoms with Crippen LogP contribution in [0.1, 0.15) is 18.1 Å². The van der Waals surface area contributed by atoms with Gasteiger partial charge >= 0.3 is 0 Å². The number of benzene rings is 2. The number of fused-ring (bicyclic) bond motifs is 1. The SMILES string of the molecule is COc1cc2ccccc2cc1[C@H]1C[C@@H](O)C(CO)O1. The molecule has 1 unspecified atom stereocenters. The van der Waals surface area contributed by atoms with E-state index in [1.165, 1.54) is 0 Å². The van der Waals surface area contributed by atoms with Gasteiger partial charge in [0.2, 0.25) is 0 Å². The monoisotopic (exact) mass is 274 g/mol. The summed E-state index contributed by atoms with van der Waals surface area (Å²) in [6, 6.07) is 12.0. The molecule has 2 aromatic carbocycles. The van der Waals surface area contributed by atoms with Crippen LogP contribution in [0.15, 0.2) is 36.4 Å². The van der Waals surface area contributed by atoms with Crippen molar-refractivity contribution in [2.24, 2.45) is 0 Å². The Kier molecular flexibility index (Phi) is 3.61. The van der Waals surface area contributed by atoms with Gasteiger partial charge in [-0.1, -0.05) is 24.3 Å². The molecule has 106 valence electrons. The Balaban J connectivity index is 2.02. The van der Waals surface area contributed by atoms with Crippen LogP contribution in [-0.2, 0) is 4.74 Å². The number of hydrogen-bond acceptors (Lipinski definition) is 4. The summed E-state index contributed by atoms with van der Waals surface area (Å²) in [5.41, 5.74) is 0.918. The first-order valence-electron chi connectivity index (χ1n) is 6.74. The maximum absolute atomic E-state index is 9.87. The van der Waals surface area contributed by atoms with Crippen molar-refractivity contribution in [2.75, 3.05) is 13.7 Å². The number of aliphatic hydroxyl groups is 2. The summed E-state index contributed by atoms with van der Waals surface area (Å²) in [6.07, 6.45) is -0.931. The van der Waals surface area contributed by atoms with E-state index in [1.54, 1.807) is 7.11 Å². The second-order valence-electron chi connectivity index (χ2n) is 5.09. The molecule has 0 spiro atoms. The lowest BCUT2D eigenvalue weighted by Crippen LogP contribution is -2.24. The summed E-state index contributed by atoms with van der Waals surface area (Å²) < 4.78 is 11.2. The highest BCUT2D eigenvalue weighted by molar-refractivity contribution is 5.85. The Hall–Kier alpha value is -1.62. The minimum atomic E-state index is -0.638. The molecule has 0 bridgehead atoms. The Labute approximate surface area is 117 Å². The Morgan fingerprint density at radius 3 is 2.55 bits per heavy atom. The van der Waals surface area contributed by atoms with Gasteiger partial charge in [-0.3, -0.25) is 0 Å². The Bertz CT molecular complexity index is 610. The molecule has 4 nitrogen and oxygen atoms in total. The minimum absolute atomic E-state index is 0.173. The van der Waals surface area contributed by atoms with Crippen molar-refractivity contribution in [3.8, 4) is 5.75 Å². The molecule has 0 aliphatic carbocycles. The number of ether oxygens (including phenoxy) is 2. The van der Waals surface area contributed by atoms with E-state index < -0.39 is 12.2 Å². The maximum Gasteiger partial charge on any atom is 0.125 e. The fourth-order valence-corrected chi connectivity index (χ4v) is 2.76. The largest absolute Gasteiger partial charge is 0.496 e. The van der Waals surface area contributed by atoms with Gasteiger partial charge < -0.3 is 19.7 Å². The molecule has 0 amide bonds. The van der Waals surface area contributed by atoms with Crippen LogP contribution in [0.3, 0.4) is 0 Å². The van der Waals surface area contributed by atoms with Crippen molar-refractivity contribution in [1.29, 1.82) is 0 Å². The third-order valence-electron chi connectivity index (χ3n) is 3.85. The van der Waals surface area contributed by atoms with Gasteiger partial charge in [-0.25, -0.2) is 0 Å². The Morgan fingerprint density at radius 1 is 1.25 bits per heavy atom. The lowest BCUT2D eigenvalue weighted by molar-refractivity contribution is -0.0230. The zero-order chi connectivity index (χ0) is 14.1. The van der Waals surface area contributed by atoms with Gasteiger partial charge in [0, 0.05) is 12.0 Å². The van der Waals surface area contributed by atoms with Crippen LogP contribution in [0.4, 0.5) is 0 Å². The normalized spacial score (nSPS) is 26.1. The quantitative estimate of drug-likeness (QED) is 0.899. The van der Waals surface area contributed by atoms with Gasteiger partial charge in [-0.2, -0.15) is 0 Å². The molecular weight excluding hydrogens is 256 g/mol. The molecule has 2 aromatic rings. The zero-order valence-corrected chi connectivity index (χ0v) is 11.3. The molecule has 1 aliphatic rings. The summed E-state index contributed by atoms with van der Waals surface area (Å²) >= 11 is 0. The number of rotatable bonds is 3. The van der Waals surface area contributed by atoms with E-state index in [1.807, 2.05) is 36.4 Å². The van der Waals surface area contributed by atoms with Crippen molar-refractivity contribution in [1.82, 2.24) is 0 Å². The van der Waals surface area contributed by atoms with Crippen LogP contribution in [0.25, 0.3) is 10.8 Å². The highest BCUT2D eigenvalue weighted by atomic mass is 16.5. The predicted octanol–water partition coefficient (Wildman–Crippen LogP) is 2.03. The average Bonchev–Trinajstić information content (AvgIpc) is 2.86. The van der Waals surface area contributed by atoms with Gasteiger partial charge in [0.15, 0.2) is 0 Å². The van der Waals surface area contributed by atoms with E-state index in [2.05, 4.69) is 0 Å². The molecule has 0 saturated carbocycles. The molecule has 0 radical (unpaired) electrons. The molecule has 0 aromatic heterocycles. The van der Waals surface area contributed by atoms with Crippen LogP contribution >= 0.6 is 0 Å². The lowest BCUT2D eigenvalue weighted by Gasteiger charge is -2.16. The van der Waals surface area contributed by atoms with Crippen LogP contribution in [-0.4, -0.2) is 36.1 Å². The fraction of sp³-hybridized carbons (Fsp3) is 0.375. The first-order valence-corrected chi connectivity index (χ1v) is 6.74. The first-order chi connectivity index (χ1) is 9.72. The molecule has 3 rings (SSSR count). The smallest absolute Gasteiger partial charge is 0.125 e. The highest BCUT2D eigenvalue weighted by Gasteiger charge is 2.35. The van der Waals surface area contributed by atoms with E-state index in [4.69, 9.17) is 9.47 Å². The highest BCUT2D eigenvalue weighted by Crippen LogP contribution is 2.39. The minimum Gasteiger partial charge on any atom is -0.496 e. The van der Waals surface area contributed by atoms with Crippen LogP contribution < -0.4 is 4.74 Å². The van der Waals surface area contributed by atoms with Crippen LogP contribution in [0.2, 0.25) is 0 Å². The molecular formula is C16H18O4. The van der Waals surface area contributed by atoms with E-state index >= 15 is 0 Å². The number of methoxy groups -OCH3 is 1. The van der Waals surface area contributed by atoms with Gasteiger partial charge in [0.05, 0.1) is 25.9 Å². The van der Waals surface area contributed by atoms with Crippen molar-refractivity contribution in [3.05, 3.63) is 42.0 Å². The maximum atomic E-state index is 9.87. The molecule has 1 saturated heterocycles. The lowest BCUT2D eigenvalue weighted by atomic mass is 9.99. The molecule has 1 heterocycles. The second kappa shape index (κ2) is 5.40. The number of hydrogen-bond donors (Lipinski definition) is 2. The topological polar surface area (TPSA) is 58.9 Å². The van der Waals surface area contributed by atoms with Crippen molar-refractivity contribution >= 4 is 10.8 Å². The van der Waals surface area contributed by atoms with Crippen LogP contribution in [0.5, 0.6) is 5.75 Å². The fourth-order valence-electron chi connectivity index (χ4n) is 2.76. The van der Waals surface area contributed by atoms with Crippen molar-refractivity contribution in [2.45, 2.75) is 24.7 Å². The molecule has 4 heteroatoms. The van der Waals surface area contributed by atoms with Gasteiger partial charge in [0.1, 0.15) is 11.9 Å². The average molecular weight is 274 g/mol. The van der Waals surface area contributed by atoms with Gasteiger partial charge in [-0.15, -0.1) is 0 Å². The molecule has 2 N–H and O–H groups in total. The van der Waals surface area contributed by atoms with E-state index in [-0.39, 0.29) is 12.7 Å². The third-order valence-corrected chi connectivity index (χ3v) is 3.85. The Morgan fingerprint density at radius 2 is 1.95 bits per heavy atom. The third kappa shape index (κ3) is 2.26. The number of aliphatic hydroxyl groups excluding tert-OH is 2. The summed E-state index contributed by atoms with van der Waals surface area (Å²) in [6.45, 7) is -0.173. The first kappa shape index (κ1) is 13.4. The summed E-state index contributed by atoms with van der Waals surface area (Å²) in [4.78, 5) is 0. The van der Waals surface area contributed by atoms with Crippen molar-refractivity contribution in [3.63, 3.8) is 0 Å². The summed E-state index contributed by atoms with van der Waals surface area (Å²) in [5.74, 6) is 0.750. The van der Waals surface area contributed by atoms with E-state index in [0.29, 0.717) is 6.42 Å². The van der Waals surface area contributed by atoms with Crippen molar-refractivity contribution < 1.29 is 19.7 Å². The predicted molar refractivity (Wildman–Crippen MR) is 75.8 cm³/mol. The van der Waals surface area contributed by atoms with E-state index in [0.717, 1.165) is 22.1 Å². The molecule has 1 fully saturated rings.